The summed E-state index contributed by atoms with van der Waals surface area (Å²) in [5.74, 6) is 1.48. The summed E-state index contributed by atoms with van der Waals surface area (Å²) in [6, 6.07) is 0. The average Bonchev–Trinajstić information content (AvgIpc) is 2.33. The highest BCUT2D eigenvalue weighted by molar-refractivity contribution is 5.93. The van der Waals surface area contributed by atoms with Crippen LogP contribution < -0.4 is 0 Å². The molecule has 2 aliphatic carbocycles. The third-order valence-electron chi connectivity index (χ3n) is 2.47. The van der Waals surface area contributed by atoms with E-state index >= 15 is 0 Å². The number of fused-ring (bicyclic) bond motifs is 1. The lowest BCUT2D eigenvalue weighted by atomic mass is 9.74. The van der Waals surface area contributed by atoms with Crippen molar-refractivity contribution in [1.29, 1.82) is 0 Å². The number of allylic oxidation sites excluding steroid dienone is 2. The summed E-state index contributed by atoms with van der Waals surface area (Å²) in [4.78, 5) is 5.01. The Balaban J connectivity index is 1.91. The molecular weight excluding hydrogens is 138 g/mol. The molecule has 0 spiro atoms. The standard InChI is InChI=1S/C9H13NO/c1-2-11-10-9-6-7-4-3-5-8(7)9/h3-4,7-8H,2,5-6H2,1H3/b10-9-. The Morgan fingerprint density at radius 3 is 3.36 bits per heavy atom. The predicted molar refractivity (Wildman–Crippen MR) is 44.4 cm³/mol. The fourth-order valence-corrected chi connectivity index (χ4v) is 1.79. The van der Waals surface area contributed by atoms with Gasteiger partial charge in [0.1, 0.15) is 6.61 Å². The van der Waals surface area contributed by atoms with Gasteiger partial charge in [-0.1, -0.05) is 17.3 Å². The van der Waals surface area contributed by atoms with Crippen molar-refractivity contribution in [3.8, 4) is 0 Å². The van der Waals surface area contributed by atoms with Gasteiger partial charge in [0.25, 0.3) is 0 Å². The lowest BCUT2D eigenvalue weighted by molar-refractivity contribution is 0.152. The molecule has 2 rings (SSSR count). The minimum Gasteiger partial charge on any atom is -0.396 e. The molecule has 0 radical (unpaired) electrons. The van der Waals surface area contributed by atoms with E-state index in [0.717, 1.165) is 12.3 Å². The summed E-state index contributed by atoms with van der Waals surface area (Å²) >= 11 is 0. The van der Waals surface area contributed by atoms with Gasteiger partial charge in [0.15, 0.2) is 0 Å². The lowest BCUT2D eigenvalue weighted by Crippen LogP contribution is -2.33. The minimum absolute atomic E-state index is 0.689. The first-order valence-corrected chi connectivity index (χ1v) is 4.27. The first-order chi connectivity index (χ1) is 5.42. The average molecular weight is 151 g/mol. The number of nitrogens with zero attached hydrogens (tertiary/aromatic N) is 1. The molecule has 1 saturated carbocycles. The van der Waals surface area contributed by atoms with Crippen molar-refractivity contribution in [3.05, 3.63) is 12.2 Å². The van der Waals surface area contributed by atoms with Crippen LogP contribution in [0.4, 0.5) is 0 Å². The van der Waals surface area contributed by atoms with Gasteiger partial charge in [0.2, 0.25) is 0 Å². The molecule has 2 atom stereocenters. The maximum atomic E-state index is 5.01. The van der Waals surface area contributed by atoms with Gasteiger partial charge in [-0.05, 0) is 25.7 Å². The van der Waals surface area contributed by atoms with Gasteiger partial charge >= 0.3 is 0 Å². The third kappa shape index (κ3) is 1.06. The molecule has 2 unspecified atom stereocenters. The van der Waals surface area contributed by atoms with Gasteiger partial charge in [-0.15, -0.1) is 0 Å². The maximum Gasteiger partial charge on any atom is 0.114 e. The fraction of sp³-hybridized carbons (Fsp3) is 0.667. The van der Waals surface area contributed by atoms with Crippen LogP contribution in [-0.2, 0) is 4.84 Å². The third-order valence-corrected chi connectivity index (χ3v) is 2.47. The van der Waals surface area contributed by atoms with Gasteiger partial charge in [-0.3, -0.25) is 0 Å². The topological polar surface area (TPSA) is 21.6 Å². The van der Waals surface area contributed by atoms with E-state index in [1.54, 1.807) is 0 Å². The van der Waals surface area contributed by atoms with Gasteiger partial charge in [-0.2, -0.15) is 0 Å². The van der Waals surface area contributed by atoms with Crippen LogP contribution in [0.15, 0.2) is 17.3 Å². The van der Waals surface area contributed by atoms with Crippen LogP contribution >= 0.6 is 0 Å². The Kier molecular flexibility index (Phi) is 1.68. The van der Waals surface area contributed by atoms with E-state index < -0.39 is 0 Å². The monoisotopic (exact) mass is 151 g/mol. The van der Waals surface area contributed by atoms with E-state index in [9.17, 15) is 0 Å². The zero-order valence-corrected chi connectivity index (χ0v) is 6.79. The Bertz CT molecular complexity index is 208. The van der Waals surface area contributed by atoms with Crippen LogP contribution in [0.3, 0.4) is 0 Å². The Labute approximate surface area is 66.9 Å². The van der Waals surface area contributed by atoms with E-state index in [1.165, 1.54) is 12.1 Å². The van der Waals surface area contributed by atoms with Crippen LogP contribution in [0.2, 0.25) is 0 Å². The molecule has 60 valence electrons. The number of hydrogen-bond acceptors (Lipinski definition) is 2. The molecule has 2 heteroatoms. The van der Waals surface area contributed by atoms with Gasteiger partial charge in [-0.25, -0.2) is 0 Å². The predicted octanol–water partition coefficient (Wildman–Crippen LogP) is 1.97. The summed E-state index contributed by atoms with van der Waals surface area (Å²) < 4.78 is 0. The van der Waals surface area contributed by atoms with Crippen molar-refractivity contribution in [2.45, 2.75) is 19.8 Å². The molecule has 0 aliphatic heterocycles. The molecule has 0 aromatic heterocycles. The van der Waals surface area contributed by atoms with Crippen molar-refractivity contribution < 1.29 is 4.84 Å². The first kappa shape index (κ1) is 6.89. The molecular formula is C9H13NO. The zero-order valence-electron chi connectivity index (χ0n) is 6.79. The molecule has 1 fully saturated rings. The molecule has 2 nitrogen and oxygen atoms in total. The van der Waals surface area contributed by atoms with Crippen LogP contribution in [0, 0.1) is 11.8 Å². The molecule has 0 saturated heterocycles. The van der Waals surface area contributed by atoms with Gasteiger partial charge in [0, 0.05) is 5.92 Å². The second-order valence-corrected chi connectivity index (χ2v) is 3.14. The van der Waals surface area contributed by atoms with Crippen molar-refractivity contribution >= 4 is 5.71 Å². The van der Waals surface area contributed by atoms with Crippen molar-refractivity contribution in [2.24, 2.45) is 17.0 Å². The first-order valence-electron chi connectivity index (χ1n) is 4.27. The largest absolute Gasteiger partial charge is 0.396 e. The van der Waals surface area contributed by atoms with E-state index in [0.29, 0.717) is 12.5 Å². The van der Waals surface area contributed by atoms with Gasteiger partial charge < -0.3 is 4.84 Å². The van der Waals surface area contributed by atoms with Crippen molar-refractivity contribution in [2.75, 3.05) is 6.61 Å². The molecule has 0 aromatic rings. The highest BCUT2D eigenvalue weighted by Gasteiger charge is 2.38. The minimum atomic E-state index is 0.689. The summed E-state index contributed by atoms with van der Waals surface area (Å²) in [6.45, 7) is 2.65. The van der Waals surface area contributed by atoms with E-state index in [2.05, 4.69) is 17.3 Å². The van der Waals surface area contributed by atoms with Crippen LogP contribution in [0.5, 0.6) is 0 Å². The normalized spacial score (nSPS) is 37.0. The Morgan fingerprint density at radius 2 is 2.64 bits per heavy atom. The Hall–Kier alpha value is -0.790. The molecule has 0 N–H and O–H groups in total. The molecule has 0 bridgehead atoms. The van der Waals surface area contributed by atoms with Gasteiger partial charge in [0.05, 0.1) is 5.71 Å². The smallest absolute Gasteiger partial charge is 0.114 e. The van der Waals surface area contributed by atoms with Crippen molar-refractivity contribution in [1.82, 2.24) is 0 Å². The lowest BCUT2D eigenvalue weighted by Gasteiger charge is -2.31. The van der Waals surface area contributed by atoms with Crippen LogP contribution in [0.25, 0.3) is 0 Å². The van der Waals surface area contributed by atoms with Crippen LogP contribution in [0.1, 0.15) is 19.8 Å². The fourth-order valence-electron chi connectivity index (χ4n) is 1.79. The summed E-state index contributed by atoms with van der Waals surface area (Å²) in [5, 5.41) is 4.07. The summed E-state index contributed by atoms with van der Waals surface area (Å²) in [7, 11) is 0. The number of oxime groups is 1. The second kappa shape index (κ2) is 2.68. The molecule has 11 heavy (non-hydrogen) atoms. The van der Waals surface area contributed by atoms with Crippen LogP contribution in [-0.4, -0.2) is 12.3 Å². The highest BCUT2D eigenvalue weighted by atomic mass is 16.6. The summed E-state index contributed by atoms with van der Waals surface area (Å²) in [6.07, 6.45) is 6.86. The van der Waals surface area contributed by atoms with Crippen molar-refractivity contribution in [3.63, 3.8) is 0 Å². The van der Waals surface area contributed by atoms with E-state index in [4.69, 9.17) is 4.84 Å². The number of rotatable bonds is 2. The zero-order chi connectivity index (χ0) is 7.68. The number of hydrogen-bond donors (Lipinski definition) is 0. The molecule has 0 amide bonds. The Morgan fingerprint density at radius 1 is 1.73 bits per heavy atom. The molecule has 0 heterocycles. The maximum absolute atomic E-state index is 5.01. The molecule has 0 aromatic carbocycles. The molecule has 2 aliphatic rings. The second-order valence-electron chi connectivity index (χ2n) is 3.14. The summed E-state index contributed by atoms with van der Waals surface area (Å²) in [5.41, 5.74) is 1.27. The van der Waals surface area contributed by atoms with E-state index in [1.807, 2.05) is 6.92 Å². The quantitative estimate of drug-likeness (QED) is 0.437. The SMILES string of the molecule is CCO/N=C1/CC2C=CCC12. The van der Waals surface area contributed by atoms with E-state index in [-0.39, 0.29) is 0 Å². The highest BCUT2D eigenvalue weighted by Crippen LogP contribution is 2.40.